The van der Waals surface area contributed by atoms with Gasteiger partial charge in [0.2, 0.25) is 0 Å². The predicted octanol–water partition coefficient (Wildman–Crippen LogP) is 2.21. The minimum Gasteiger partial charge on any atom is -0.383 e. The number of hydrogen-bond donors (Lipinski definition) is 1. The van der Waals surface area contributed by atoms with E-state index in [0.29, 0.717) is 17.6 Å². The monoisotopic (exact) mass is 349 g/mol. The van der Waals surface area contributed by atoms with E-state index >= 15 is 0 Å². The molecule has 5 nitrogen and oxygen atoms in total. The van der Waals surface area contributed by atoms with Crippen LogP contribution in [0.4, 0.5) is 5.69 Å². The van der Waals surface area contributed by atoms with Gasteiger partial charge in [-0.15, -0.1) is 0 Å². The topological polar surface area (TPSA) is 56.1 Å². The minimum absolute atomic E-state index is 0.102. The van der Waals surface area contributed by atoms with E-state index in [-0.39, 0.29) is 10.3 Å². The number of hydrogen-bond acceptors (Lipinski definition) is 5. The van der Waals surface area contributed by atoms with E-state index in [1.807, 2.05) is 0 Å². The molecule has 0 bridgehead atoms. The lowest BCUT2D eigenvalue weighted by molar-refractivity contribution is 0.181. The van der Waals surface area contributed by atoms with E-state index in [2.05, 4.69) is 46.4 Å². The van der Waals surface area contributed by atoms with Crippen molar-refractivity contribution >= 4 is 33.4 Å². The average molecular weight is 350 g/mol. The smallest absolute Gasteiger partial charge is 0.283 e. The lowest BCUT2D eigenvalue weighted by Gasteiger charge is -2.23. The molecule has 108 valence electrons. The number of aromatic nitrogens is 2. The van der Waals surface area contributed by atoms with Gasteiger partial charge in [-0.05, 0) is 36.0 Å². The molecule has 0 amide bonds. The molecule has 0 unspecified atom stereocenters. The molecule has 0 aliphatic carbocycles. The number of halogens is 1. The number of rotatable bonds is 7. The van der Waals surface area contributed by atoms with Crippen LogP contribution in [-0.2, 0) is 11.3 Å². The third-order valence-electron chi connectivity index (χ3n) is 2.75. The maximum Gasteiger partial charge on any atom is 0.283 e. The van der Waals surface area contributed by atoms with Crippen molar-refractivity contribution in [2.24, 2.45) is 0 Å². The van der Waals surface area contributed by atoms with Crippen LogP contribution in [0.2, 0.25) is 0 Å². The summed E-state index contributed by atoms with van der Waals surface area (Å²) >= 11 is 5.10. The van der Waals surface area contributed by atoms with E-state index in [4.69, 9.17) is 4.74 Å². The molecule has 0 fully saturated rings. The zero-order valence-corrected chi connectivity index (χ0v) is 14.1. The van der Waals surface area contributed by atoms with Crippen molar-refractivity contribution in [1.82, 2.24) is 9.78 Å². The number of anilines is 1. The normalized spacial score (nSPS) is 11.6. The molecule has 1 aromatic heterocycles. The fraction of sp³-hybridized carbons (Fsp3) is 0.667. The standard InChI is InChI=1S/C12H20BrN3O2S/c1-12(2,19-4)8-14-9-7-15-16(5-6-18-3)11(17)10(9)13/h7,14H,5-6,8H2,1-4H3. The van der Waals surface area contributed by atoms with Crippen LogP contribution in [0.1, 0.15) is 13.8 Å². The molecule has 0 saturated heterocycles. The second kappa shape index (κ2) is 7.31. The first-order valence-electron chi connectivity index (χ1n) is 5.95. The van der Waals surface area contributed by atoms with Crippen LogP contribution in [0.15, 0.2) is 15.5 Å². The number of ether oxygens (including phenoxy) is 1. The summed E-state index contributed by atoms with van der Waals surface area (Å²) in [5.41, 5.74) is 0.574. The molecular weight excluding hydrogens is 330 g/mol. The highest BCUT2D eigenvalue weighted by Crippen LogP contribution is 2.23. The Bertz CT molecular complexity index is 477. The first-order chi connectivity index (χ1) is 8.91. The van der Waals surface area contributed by atoms with Gasteiger partial charge < -0.3 is 10.1 Å². The van der Waals surface area contributed by atoms with Gasteiger partial charge in [-0.3, -0.25) is 4.79 Å². The van der Waals surface area contributed by atoms with Crippen LogP contribution in [0.5, 0.6) is 0 Å². The van der Waals surface area contributed by atoms with Gasteiger partial charge in [-0.1, -0.05) is 0 Å². The van der Waals surface area contributed by atoms with Gasteiger partial charge >= 0.3 is 0 Å². The summed E-state index contributed by atoms with van der Waals surface area (Å²) in [6, 6.07) is 0. The van der Waals surface area contributed by atoms with Gasteiger partial charge in [0.25, 0.3) is 5.56 Å². The Morgan fingerprint density at radius 2 is 2.26 bits per heavy atom. The van der Waals surface area contributed by atoms with Crippen molar-refractivity contribution in [1.29, 1.82) is 0 Å². The molecular formula is C12H20BrN3O2S. The molecule has 0 radical (unpaired) electrons. The van der Waals surface area contributed by atoms with Crippen molar-refractivity contribution in [3.63, 3.8) is 0 Å². The molecule has 0 spiro atoms. The van der Waals surface area contributed by atoms with Gasteiger partial charge in [0.05, 0.1) is 25.0 Å². The molecule has 1 heterocycles. The van der Waals surface area contributed by atoms with Crippen LogP contribution >= 0.6 is 27.7 Å². The third-order valence-corrected chi connectivity index (χ3v) is 4.77. The lowest BCUT2D eigenvalue weighted by Crippen LogP contribution is -2.29. The van der Waals surface area contributed by atoms with E-state index in [0.717, 1.165) is 12.2 Å². The molecule has 0 atom stereocenters. The molecule has 0 saturated carbocycles. The Morgan fingerprint density at radius 1 is 1.58 bits per heavy atom. The van der Waals surface area contributed by atoms with Crippen molar-refractivity contribution in [2.75, 3.05) is 31.8 Å². The van der Waals surface area contributed by atoms with Gasteiger partial charge in [0.15, 0.2) is 0 Å². The van der Waals surface area contributed by atoms with Crippen LogP contribution in [0.3, 0.4) is 0 Å². The maximum absolute atomic E-state index is 12.0. The largest absolute Gasteiger partial charge is 0.383 e. The van der Waals surface area contributed by atoms with E-state index in [1.165, 1.54) is 4.68 Å². The second-order valence-corrected chi connectivity index (χ2v) is 7.02. The Balaban J connectivity index is 2.82. The quantitative estimate of drug-likeness (QED) is 0.817. The summed E-state index contributed by atoms with van der Waals surface area (Å²) in [5.74, 6) is 0. The number of nitrogens with zero attached hydrogens (tertiary/aromatic N) is 2. The van der Waals surface area contributed by atoms with E-state index < -0.39 is 0 Å². The average Bonchev–Trinajstić information content (AvgIpc) is 2.39. The summed E-state index contributed by atoms with van der Waals surface area (Å²) in [4.78, 5) is 12.0. The minimum atomic E-state index is -0.149. The molecule has 1 N–H and O–H groups in total. The van der Waals surface area contributed by atoms with Crippen molar-refractivity contribution in [3.8, 4) is 0 Å². The summed E-state index contributed by atoms with van der Waals surface area (Å²) in [5, 5.41) is 7.38. The first-order valence-corrected chi connectivity index (χ1v) is 7.96. The van der Waals surface area contributed by atoms with Gasteiger partial charge in [0.1, 0.15) is 4.47 Å². The van der Waals surface area contributed by atoms with Crippen LogP contribution in [0, 0.1) is 0 Å². The highest BCUT2D eigenvalue weighted by molar-refractivity contribution is 9.10. The molecule has 0 aromatic carbocycles. The summed E-state index contributed by atoms with van der Waals surface area (Å²) in [6.45, 7) is 5.96. The Kier molecular flexibility index (Phi) is 6.35. The maximum atomic E-state index is 12.0. The summed E-state index contributed by atoms with van der Waals surface area (Å²) in [6.07, 6.45) is 3.73. The summed E-state index contributed by atoms with van der Waals surface area (Å²) < 4.78 is 6.94. The van der Waals surface area contributed by atoms with Gasteiger partial charge in [-0.25, -0.2) is 4.68 Å². The Labute approximate surface area is 126 Å². The van der Waals surface area contributed by atoms with Crippen LogP contribution < -0.4 is 10.9 Å². The highest BCUT2D eigenvalue weighted by atomic mass is 79.9. The summed E-state index contributed by atoms with van der Waals surface area (Å²) in [7, 11) is 1.60. The third kappa shape index (κ3) is 4.81. The fourth-order valence-electron chi connectivity index (χ4n) is 1.31. The zero-order chi connectivity index (χ0) is 14.5. The number of nitrogens with one attached hydrogen (secondary N) is 1. The second-order valence-electron chi connectivity index (χ2n) is 4.71. The molecule has 1 rings (SSSR count). The molecule has 0 aliphatic rings. The van der Waals surface area contributed by atoms with Crippen molar-refractivity contribution < 1.29 is 4.74 Å². The fourth-order valence-corrected chi connectivity index (χ4v) is 1.97. The van der Waals surface area contributed by atoms with Crippen molar-refractivity contribution in [2.45, 2.75) is 25.1 Å². The lowest BCUT2D eigenvalue weighted by atomic mass is 10.2. The number of methoxy groups -OCH3 is 1. The number of thioether (sulfide) groups is 1. The molecule has 19 heavy (non-hydrogen) atoms. The SMILES string of the molecule is COCCn1ncc(NCC(C)(C)SC)c(Br)c1=O. The van der Waals surface area contributed by atoms with Crippen LogP contribution in [0.25, 0.3) is 0 Å². The van der Waals surface area contributed by atoms with Crippen molar-refractivity contribution in [3.05, 3.63) is 21.0 Å². The van der Waals surface area contributed by atoms with Crippen LogP contribution in [-0.4, -0.2) is 41.0 Å². The Morgan fingerprint density at radius 3 is 2.84 bits per heavy atom. The zero-order valence-electron chi connectivity index (χ0n) is 11.7. The predicted molar refractivity (Wildman–Crippen MR) is 84.2 cm³/mol. The highest BCUT2D eigenvalue weighted by Gasteiger charge is 2.17. The Hall–Kier alpha value is -0.530. The molecule has 7 heteroatoms. The van der Waals surface area contributed by atoms with Gasteiger partial charge in [-0.2, -0.15) is 16.9 Å². The first kappa shape index (κ1) is 16.5. The molecule has 1 aromatic rings. The van der Waals surface area contributed by atoms with E-state index in [9.17, 15) is 4.79 Å². The van der Waals surface area contributed by atoms with E-state index in [1.54, 1.807) is 25.1 Å². The van der Waals surface area contributed by atoms with Gasteiger partial charge in [0, 0.05) is 18.4 Å². The molecule has 0 aliphatic heterocycles.